The van der Waals surface area contributed by atoms with E-state index in [0.717, 1.165) is 34.5 Å². The molecule has 5 aromatic rings. The third kappa shape index (κ3) is 3.79. The number of carbonyl (C=O) groups excluding carboxylic acids is 1. The molecule has 1 atom stereocenters. The molecule has 0 aromatic heterocycles. The lowest BCUT2D eigenvalue weighted by molar-refractivity contribution is 0.0227. The third-order valence-electron chi connectivity index (χ3n) is 7.58. The number of aryl methyl sites for hydroxylation is 1. The highest BCUT2D eigenvalue weighted by Crippen LogP contribution is 2.58. The van der Waals surface area contributed by atoms with Crippen molar-refractivity contribution >= 4 is 28.9 Å². The van der Waals surface area contributed by atoms with Gasteiger partial charge in [-0.15, -0.1) is 0 Å². The Hall–Kier alpha value is -4.54. The molecule has 0 aliphatic carbocycles. The van der Waals surface area contributed by atoms with Crippen LogP contribution in [0.25, 0.3) is 0 Å². The van der Waals surface area contributed by atoms with Crippen LogP contribution in [0, 0.1) is 6.92 Å². The number of benzene rings is 5. The van der Waals surface area contributed by atoms with Crippen molar-refractivity contribution in [3.8, 4) is 11.5 Å². The maximum atomic E-state index is 13.2. The number of rotatable bonds is 4. The van der Waals surface area contributed by atoms with Crippen LogP contribution in [-0.2, 0) is 16.8 Å². The van der Waals surface area contributed by atoms with E-state index in [-0.39, 0.29) is 5.97 Å². The summed E-state index contributed by atoms with van der Waals surface area (Å²) in [6, 6.07) is 35.7. The molecule has 4 nitrogen and oxygen atoms in total. The van der Waals surface area contributed by atoms with Crippen LogP contribution in [0.1, 0.15) is 43.7 Å². The lowest BCUT2D eigenvalue weighted by Gasteiger charge is -2.38. The van der Waals surface area contributed by atoms with Gasteiger partial charge in [-0.25, -0.2) is 4.79 Å². The molecule has 0 bridgehead atoms. The highest BCUT2D eigenvalue weighted by molar-refractivity contribution is 6.30. The number of anilines is 2. The normalized spacial score (nSPS) is 16.6. The quantitative estimate of drug-likeness (QED) is 0.237. The Bertz CT molecular complexity index is 1760. The summed E-state index contributed by atoms with van der Waals surface area (Å²) in [5.41, 5.74) is 7.19. The summed E-state index contributed by atoms with van der Waals surface area (Å²) in [6.45, 7) is 2.14. The zero-order valence-electron chi connectivity index (χ0n) is 21.2. The van der Waals surface area contributed by atoms with Crippen molar-refractivity contribution in [2.24, 2.45) is 0 Å². The first-order valence-corrected chi connectivity index (χ1v) is 13.3. The van der Waals surface area contributed by atoms with Crippen molar-refractivity contribution in [3.05, 3.63) is 153 Å². The molecule has 1 N–H and O–H groups in total. The standard InChI is InChI=1S/C34H24ClNO3/c1-21-7-2-3-8-23(21)19-22-13-16-25(17-14-22)36-29-11-6-12-30-32(29)34(28-18-15-24(35)20-31(28)38-30)27-10-5-4-9-26(27)33(37)39-34/h2-18,20,36H,19H2,1H3. The lowest BCUT2D eigenvalue weighted by Crippen LogP contribution is -2.33. The van der Waals surface area contributed by atoms with Gasteiger partial charge in [0.15, 0.2) is 5.60 Å². The second-order valence-corrected chi connectivity index (χ2v) is 10.4. The summed E-state index contributed by atoms with van der Waals surface area (Å²) in [5.74, 6) is 0.808. The Labute approximate surface area is 231 Å². The molecule has 190 valence electrons. The third-order valence-corrected chi connectivity index (χ3v) is 7.82. The zero-order chi connectivity index (χ0) is 26.6. The van der Waals surface area contributed by atoms with Crippen molar-refractivity contribution in [1.82, 2.24) is 0 Å². The van der Waals surface area contributed by atoms with Gasteiger partial charge >= 0.3 is 5.97 Å². The molecule has 2 heterocycles. The molecule has 0 fully saturated rings. The first-order valence-electron chi connectivity index (χ1n) is 12.9. The van der Waals surface area contributed by atoms with Crippen molar-refractivity contribution in [2.45, 2.75) is 18.9 Å². The predicted molar refractivity (Wildman–Crippen MR) is 153 cm³/mol. The molecule has 39 heavy (non-hydrogen) atoms. The van der Waals surface area contributed by atoms with Crippen LogP contribution in [0.4, 0.5) is 11.4 Å². The molecule has 0 radical (unpaired) electrons. The summed E-state index contributed by atoms with van der Waals surface area (Å²) in [6.07, 6.45) is 0.872. The largest absolute Gasteiger partial charge is 0.456 e. The fraction of sp³-hybridized carbons (Fsp3) is 0.0882. The molecule has 5 aromatic carbocycles. The van der Waals surface area contributed by atoms with Gasteiger partial charge in [0.25, 0.3) is 0 Å². The van der Waals surface area contributed by atoms with Crippen molar-refractivity contribution in [2.75, 3.05) is 5.32 Å². The molecular weight excluding hydrogens is 506 g/mol. The highest BCUT2D eigenvalue weighted by atomic mass is 35.5. The van der Waals surface area contributed by atoms with Gasteiger partial charge in [0.2, 0.25) is 0 Å². The second-order valence-electron chi connectivity index (χ2n) is 9.96. The van der Waals surface area contributed by atoms with Crippen LogP contribution in [0.2, 0.25) is 5.02 Å². The van der Waals surface area contributed by atoms with Gasteiger partial charge in [0.05, 0.1) is 16.8 Å². The summed E-state index contributed by atoms with van der Waals surface area (Å²) in [5, 5.41) is 4.12. The summed E-state index contributed by atoms with van der Waals surface area (Å²) < 4.78 is 12.7. The Morgan fingerprint density at radius 2 is 1.59 bits per heavy atom. The smallest absolute Gasteiger partial charge is 0.340 e. The monoisotopic (exact) mass is 529 g/mol. The topological polar surface area (TPSA) is 47.6 Å². The van der Waals surface area contributed by atoms with Gasteiger partial charge in [-0.3, -0.25) is 0 Å². The number of fused-ring (bicyclic) bond motifs is 6. The molecule has 5 heteroatoms. The number of hydrogen-bond acceptors (Lipinski definition) is 4. The fourth-order valence-electron chi connectivity index (χ4n) is 5.70. The lowest BCUT2D eigenvalue weighted by atomic mass is 9.77. The SMILES string of the molecule is Cc1ccccc1Cc1ccc(Nc2cccc3c2C2(OC(=O)c4ccccc42)c2ccc(Cl)cc2O3)cc1. The van der Waals surface area contributed by atoms with E-state index in [2.05, 4.69) is 60.8 Å². The fourth-order valence-corrected chi connectivity index (χ4v) is 5.86. The molecule has 7 rings (SSSR count). The molecule has 0 saturated heterocycles. The van der Waals surface area contributed by atoms with E-state index in [9.17, 15) is 4.79 Å². The maximum Gasteiger partial charge on any atom is 0.340 e. The van der Waals surface area contributed by atoms with Gasteiger partial charge in [-0.05, 0) is 78.6 Å². The summed E-state index contributed by atoms with van der Waals surface area (Å²) >= 11 is 6.34. The predicted octanol–water partition coefficient (Wildman–Crippen LogP) is 8.55. The van der Waals surface area contributed by atoms with E-state index in [1.807, 2.05) is 42.5 Å². The number of carbonyl (C=O) groups is 1. The average Bonchev–Trinajstić information content (AvgIpc) is 3.23. The summed E-state index contributed by atoms with van der Waals surface area (Å²) in [7, 11) is 0. The van der Waals surface area contributed by atoms with E-state index in [0.29, 0.717) is 22.1 Å². The Morgan fingerprint density at radius 1 is 0.795 bits per heavy atom. The van der Waals surface area contributed by atoms with Gasteiger partial charge in [0.1, 0.15) is 11.5 Å². The Balaban J connectivity index is 1.32. The minimum atomic E-state index is -1.17. The number of ether oxygens (including phenoxy) is 2. The van der Waals surface area contributed by atoms with E-state index in [1.165, 1.54) is 16.7 Å². The first kappa shape index (κ1) is 23.6. The van der Waals surface area contributed by atoms with Crippen LogP contribution in [-0.4, -0.2) is 5.97 Å². The molecule has 0 saturated carbocycles. The van der Waals surface area contributed by atoms with Gasteiger partial charge in [-0.1, -0.05) is 72.3 Å². The van der Waals surface area contributed by atoms with Gasteiger partial charge < -0.3 is 14.8 Å². The van der Waals surface area contributed by atoms with Crippen LogP contribution in [0.5, 0.6) is 11.5 Å². The molecule has 0 amide bonds. The van der Waals surface area contributed by atoms with Gasteiger partial charge in [-0.2, -0.15) is 0 Å². The molecule has 2 aliphatic heterocycles. The maximum absolute atomic E-state index is 13.2. The Morgan fingerprint density at radius 3 is 2.44 bits per heavy atom. The second kappa shape index (κ2) is 9.04. The first-order chi connectivity index (χ1) is 19.0. The Kier molecular flexibility index (Phi) is 5.46. The number of nitrogens with one attached hydrogen (secondary N) is 1. The average molecular weight is 530 g/mol. The number of hydrogen-bond donors (Lipinski definition) is 1. The van der Waals surface area contributed by atoms with Gasteiger partial charge in [0, 0.05) is 21.8 Å². The minimum Gasteiger partial charge on any atom is -0.456 e. The molecule has 1 spiro atoms. The molecule has 1 unspecified atom stereocenters. The van der Waals surface area contributed by atoms with Crippen molar-refractivity contribution < 1.29 is 14.3 Å². The van der Waals surface area contributed by atoms with Crippen LogP contribution in [0.3, 0.4) is 0 Å². The zero-order valence-corrected chi connectivity index (χ0v) is 22.0. The number of halogens is 1. The minimum absolute atomic E-state index is 0.366. The van der Waals surface area contributed by atoms with E-state index in [1.54, 1.807) is 18.2 Å². The molecular formula is C34H24ClNO3. The van der Waals surface area contributed by atoms with Crippen molar-refractivity contribution in [3.63, 3.8) is 0 Å². The van der Waals surface area contributed by atoms with Crippen LogP contribution in [0.15, 0.2) is 109 Å². The van der Waals surface area contributed by atoms with Crippen LogP contribution < -0.4 is 10.1 Å². The number of esters is 1. The molecule has 2 aliphatic rings. The summed E-state index contributed by atoms with van der Waals surface area (Å²) in [4.78, 5) is 13.2. The van der Waals surface area contributed by atoms with E-state index >= 15 is 0 Å². The van der Waals surface area contributed by atoms with Crippen LogP contribution >= 0.6 is 11.6 Å². The van der Waals surface area contributed by atoms with E-state index in [4.69, 9.17) is 21.1 Å². The van der Waals surface area contributed by atoms with E-state index < -0.39 is 5.60 Å². The van der Waals surface area contributed by atoms with Crippen molar-refractivity contribution in [1.29, 1.82) is 0 Å². The highest BCUT2D eigenvalue weighted by Gasteiger charge is 2.54.